The molecule has 1 aromatic heterocycles. The van der Waals surface area contributed by atoms with E-state index in [9.17, 15) is 13.2 Å². The second-order valence-corrected chi connectivity index (χ2v) is 9.47. The third kappa shape index (κ3) is 4.89. The van der Waals surface area contributed by atoms with Gasteiger partial charge in [-0.05, 0) is 17.7 Å². The van der Waals surface area contributed by atoms with Crippen LogP contribution in [-0.4, -0.2) is 62.0 Å². The standard InChI is InChI=1S/C22H25N3O4S/c26-22(21-16-19-8-4-5-9-20(19)29-21)23-10-15-30(27,28)25-13-11-24(12-14-25)17-18-6-2-1-3-7-18/h1-9,16H,10-15,17H2,(H,23,26). The molecule has 1 aliphatic heterocycles. The molecular weight excluding hydrogens is 402 g/mol. The van der Waals surface area contributed by atoms with Gasteiger partial charge in [-0.15, -0.1) is 0 Å². The maximum atomic E-state index is 12.6. The van der Waals surface area contributed by atoms with Crippen molar-refractivity contribution in [3.05, 3.63) is 72.0 Å². The number of sulfonamides is 1. The molecule has 1 aliphatic rings. The molecule has 2 heterocycles. The molecule has 4 rings (SSSR count). The fourth-order valence-corrected chi connectivity index (χ4v) is 4.95. The van der Waals surface area contributed by atoms with Gasteiger partial charge in [-0.3, -0.25) is 9.69 Å². The fourth-order valence-electron chi connectivity index (χ4n) is 3.61. The van der Waals surface area contributed by atoms with E-state index in [0.29, 0.717) is 31.8 Å². The van der Waals surface area contributed by atoms with Gasteiger partial charge in [0.05, 0.1) is 5.75 Å². The van der Waals surface area contributed by atoms with Gasteiger partial charge in [-0.1, -0.05) is 48.5 Å². The molecule has 158 valence electrons. The predicted molar refractivity (Wildman–Crippen MR) is 116 cm³/mol. The third-order valence-corrected chi connectivity index (χ3v) is 7.14. The Labute approximate surface area is 176 Å². The van der Waals surface area contributed by atoms with Crippen LogP contribution in [-0.2, 0) is 16.6 Å². The van der Waals surface area contributed by atoms with E-state index >= 15 is 0 Å². The Kier molecular flexibility index (Phi) is 6.17. The molecule has 30 heavy (non-hydrogen) atoms. The Balaban J connectivity index is 1.25. The zero-order valence-electron chi connectivity index (χ0n) is 16.7. The van der Waals surface area contributed by atoms with Gasteiger partial charge >= 0.3 is 0 Å². The Bertz CT molecular complexity index is 1070. The molecule has 7 nitrogen and oxygen atoms in total. The minimum absolute atomic E-state index is 0.0441. The first-order chi connectivity index (χ1) is 14.5. The molecule has 3 aromatic rings. The van der Waals surface area contributed by atoms with E-state index in [1.54, 1.807) is 12.1 Å². The van der Waals surface area contributed by atoms with Gasteiger partial charge in [0.25, 0.3) is 5.91 Å². The van der Waals surface area contributed by atoms with Crippen LogP contribution in [0.1, 0.15) is 16.1 Å². The maximum absolute atomic E-state index is 12.6. The number of fused-ring (bicyclic) bond motifs is 1. The van der Waals surface area contributed by atoms with Gasteiger partial charge in [-0.2, -0.15) is 4.31 Å². The van der Waals surface area contributed by atoms with Gasteiger partial charge in [0.2, 0.25) is 10.0 Å². The molecule has 1 N–H and O–H groups in total. The van der Waals surface area contributed by atoms with E-state index in [1.165, 1.54) is 9.87 Å². The lowest BCUT2D eigenvalue weighted by molar-refractivity contribution is 0.0930. The monoisotopic (exact) mass is 427 g/mol. The molecule has 0 aliphatic carbocycles. The summed E-state index contributed by atoms with van der Waals surface area (Å²) in [6, 6.07) is 19.2. The number of benzene rings is 2. The molecular formula is C22H25N3O4S. The van der Waals surface area contributed by atoms with Crippen molar-refractivity contribution in [3.8, 4) is 0 Å². The molecule has 1 amide bonds. The second kappa shape index (κ2) is 8.99. The van der Waals surface area contributed by atoms with Gasteiger partial charge < -0.3 is 9.73 Å². The van der Waals surface area contributed by atoms with Crippen LogP contribution in [0.25, 0.3) is 11.0 Å². The summed E-state index contributed by atoms with van der Waals surface area (Å²) >= 11 is 0. The van der Waals surface area contributed by atoms with Crippen molar-refractivity contribution in [2.24, 2.45) is 0 Å². The summed E-state index contributed by atoms with van der Waals surface area (Å²) in [4.78, 5) is 14.5. The number of nitrogens with zero attached hydrogens (tertiary/aromatic N) is 2. The number of para-hydroxylation sites is 1. The smallest absolute Gasteiger partial charge is 0.287 e. The lowest BCUT2D eigenvalue weighted by atomic mass is 10.2. The maximum Gasteiger partial charge on any atom is 0.287 e. The Morgan fingerprint density at radius 1 is 0.967 bits per heavy atom. The molecule has 0 spiro atoms. The van der Waals surface area contributed by atoms with Gasteiger partial charge in [0.1, 0.15) is 5.58 Å². The summed E-state index contributed by atoms with van der Waals surface area (Å²) in [6.45, 7) is 3.18. The normalized spacial score (nSPS) is 16.0. The van der Waals surface area contributed by atoms with Gasteiger partial charge in [-0.25, -0.2) is 8.42 Å². The van der Waals surface area contributed by atoms with Crippen molar-refractivity contribution in [1.29, 1.82) is 0 Å². The Morgan fingerprint density at radius 3 is 2.40 bits per heavy atom. The van der Waals surface area contributed by atoms with Gasteiger partial charge in [0, 0.05) is 44.7 Å². The average Bonchev–Trinajstić information content (AvgIpc) is 3.19. The zero-order valence-corrected chi connectivity index (χ0v) is 17.5. The van der Waals surface area contributed by atoms with Crippen LogP contribution in [0, 0.1) is 0 Å². The van der Waals surface area contributed by atoms with Crippen LogP contribution in [0.2, 0.25) is 0 Å². The van der Waals surface area contributed by atoms with E-state index < -0.39 is 15.9 Å². The van der Waals surface area contributed by atoms with Crippen molar-refractivity contribution < 1.29 is 17.6 Å². The van der Waals surface area contributed by atoms with Crippen molar-refractivity contribution in [2.75, 3.05) is 38.5 Å². The predicted octanol–water partition coefficient (Wildman–Crippen LogP) is 2.31. The third-order valence-electron chi connectivity index (χ3n) is 5.27. The number of nitrogens with one attached hydrogen (secondary N) is 1. The van der Waals surface area contributed by atoms with Crippen molar-refractivity contribution in [1.82, 2.24) is 14.5 Å². The van der Waals surface area contributed by atoms with E-state index in [0.717, 1.165) is 11.9 Å². The highest BCUT2D eigenvalue weighted by Crippen LogP contribution is 2.18. The number of amides is 1. The highest BCUT2D eigenvalue weighted by molar-refractivity contribution is 7.89. The topological polar surface area (TPSA) is 82.9 Å². The highest BCUT2D eigenvalue weighted by atomic mass is 32.2. The molecule has 0 bridgehead atoms. The molecule has 1 saturated heterocycles. The molecule has 1 fully saturated rings. The van der Waals surface area contributed by atoms with Crippen molar-refractivity contribution in [3.63, 3.8) is 0 Å². The van der Waals surface area contributed by atoms with Crippen molar-refractivity contribution >= 4 is 26.9 Å². The van der Waals surface area contributed by atoms with E-state index in [4.69, 9.17) is 4.42 Å². The summed E-state index contributed by atoms with van der Waals surface area (Å²) in [5.74, 6) is -0.352. The fraction of sp³-hybridized carbons (Fsp3) is 0.318. The first kappa shape index (κ1) is 20.6. The molecule has 0 atom stereocenters. The number of furan rings is 1. The first-order valence-corrected chi connectivity index (χ1v) is 11.6. The van der Waals surface area contributed by atoms with Crippen LogP contribution in [0.3, 0.4) is 0 Å². The average molecular weight is 428 g/mol. The molecule has 2 aromatic carbocycles. The number of hydrogen-bond acceptors (Lipinski definition) is 5. The SMILES string of the molecule is O=C(NCCS(=O)(=O)N1CCN(Cc2ccccc2)CC1)c1cc2ccccc2o1. The minimum Gasteiger partial charge on any atom is -0.451 e. The summed E-state index contributed by atoms with van der Waals surface area (Å²) < 4.78 is 32.3. The van der Waals surface area contributed by atoms with Crippen LogP contribution >= 0.6 is 0 Å². The van der Waals surface area contributed by atoms with Crippen LogP contribution in [0.5, 0.6) is 0 Å². The quantitative estimate of drug-likeness (QED) is 0.626. The lowest BCUT2D eigenvalue weighted by Crippen LogP contribution is -2.49. The lowest BCUT2D eigenvalue weighted by Gasteiger charge is -2.34. The molecule has 8 heteroatoms. The summed E-state index contributed by atoms with van der Waals surface area (Å²) in [5.41, 5.74) is 1.85. The molecule has 0 unspecified atom stereocenters. The summed E-state index contributed by atoms with van der Waals surface area (Å²) in [7, 11) is -3.42. The number of hydrogen-bond donors (Lipinski definition) is 1. The Hall–Kier alpha value is -2.68. The molecule has 0 radical (unpaired) electrons. The Morgan fingerprint density at radius 2 is 1.67 bits per heavy atom. The number of carbonyl (C=O) groups excluding carboxylic acids is 1. The van der Waals surface area contributed by atoms with E-state index in [2.05, 4.69) is 22.3 Å². The number of rotatable bonds is 7. The largest absolute Gasteiger partial charge is 0.451 e. The zero-order chi connectivity index (χ0) is 21.0. The van der Waals surface area contributed by atoms with Crippen LogP contribution in [0.15, 0.2) is 65.1 Å². The summed E-state index contributed by atoms with van der Waals surface area (Å²) in [6.07, 6.45) is 0. The van der Waals surface area contributed by atoms with E-state index in [-0.39, 0.29) is 18.1 Å². The number of carbonyl (C=O) groups is 1. The summed E-state index contributed by atoms with van der Waals surface area (Å²) in [5, 5.41) is 3.48. The van der Waals surface area contributed by atoms with Gasteiger partial charge in [0.15, 0.2) is 5.76 Å². The van der Waals surface area contributed by atoms with Crippen LogP contribution in [0.4, 0.5) is 0 Å². The van der Waals surface area contributed by atoms with Crippen molar-refractivity contribution in [2.45, 2.75) is 6.54 Å². The highest BCUT2D eigenvalue weighted by Gasteiger charge is 2.27. The minimum atomic E-state index is -3.42. The first-order valence-electron chi connectivity index (χ1n) is 10.0. The number of piperazine rings is 1. The molecule has 0 saturated carbocycles. The van der Waals surface area contributed by atoms with Crippen LogP contribution < -0.4 is 5.32 Å². The second-order valence-electron chi connectivity index (χ2n) is 7.38. The van der Waals surface area contributed by atoms with E-state index in [1.807, 2.05) is 36.4 Å².